The predicted octanol–water partition coefficient (Wildman–Crippen LogP) is 5.10. The SMILES string of the molecule is Cc1cc(C)c(Sc2c(C)cc(C)c(C)c2O)c(O)c1C. The fourth-order valence-corrected chi connectivity index (χ4v) is 3.59. The molecule has 2 N–H and O–H groups in total. The standard InChI is InChI=1S/C18H22O2S/c1-9-7-11(3)17(15(19)13(9)5)21-18-12(4)8-10(2)14(6)16(18)20/h7-8,19-20H,1-6H3. The molecule has 0 aliphatic heterocycles. The lowest BCUT2D eigenvalue weighted by molar-refractivity contribution is 0.453. The quantitative estimate of drug-likeness (QED) is 0.811. The number of rotatable bonds is 2. The Morgan fingerprint density at radius 2 is 0.952 bits per heavy atom. The van der Waals surface area contributed by atoms with E-state index in [0.29, 0.717) is 11.5 Å². The molecule has 0 heterocycles. The van der Waals surface area contributed by atoms with Gasteiger partial charge in [-0.15, -0.1) is 0 Å². The Morgan fingerprint density at radius 3 is 1.29 bits per heavy atom. The summed E-state index contributed by atoms with van der Waals surface area (Å²) in [6, 6.07) is 4.15. The van der Waals surface area contributed by atoms with Crippen molar-refractivity contribution in [2.24, 2.45) is 0 Å². The van der Waals surface area contributed by atoms with Gasteiger partial charge in [-0.25, -0.2) is 0 Å². The summed E-state index contributed by atoms with van der Waals surface area (Å²) < 4.78 is 0. The second kappa shape index (κ2) is 5.64. The van der Waals surface area contributed by atoms with Gasteiger partial charge in [0.25, 0.3) is 0 Å². The highest BCUT2D eigenvalue weighted by atomic mass is 32.2. The smallest absolute Gasteiger partial charge is 0.132 e. The fraction of sp³-hybridized carbons (Fsp3) is 0.333. The Hall–Kier alpha value is -1.61. The van der Waals surface area contributed by atoms with Crippen LogP contribution in [-0.4, -0.2) is 10.2 Å². The zero-order valence-corrected chi connectivity index (χ0v) is 14.3. The van der Waals surface area contributed by atoms with Crippen molar-refractivity contribution >= 4 is 11.8 Å². The van der Waals surface area contributed by atoms with Gasteiger partial charge >= 0.3 is 0 Å². The van der Waals surface area contributed by atoms with E-state index < -0.39 is 0 Å². The first-order chi connectivity index (χ1) is 9.73. The number of aryl methyl sites for hydroxylation is 4. The summed E-state index contributed by atoms with van der Waals surface area (Å²) in [5, 5.41) is 20.8. The van der Waals surface area contributed by atoms with Crippen molar-refractivity contribution < 1.29 is 10.2 Å². The number of hydrogen-bond acceptors (Lipinski definition) is 3. The maximum Gasteiger partial charge on any atom is 0.132 e. The molecule has 0 bridgehead atoms. The highest BCUT2D eigenvalue weighted by molar-refractivity contribution is 7.99. The molecule has 2 aromatic rings. The summed E-state index contributed by atoms with van der Waals surface area (Å²) in [5.41, 5.74) is 5.99. The van der Waals surface area contributed by atoms with Gasteiger partial charge in [-0.3, -0.25) is 0 Å². The van der Waals surface area contributed by atoms with E-state index in [0.717, 1.165) is 43.2 Å². The third-order valence-electron chi connectivity index (χ3n) is 4.11. The van der Waals surface area contributed by atoms with Gasteiger partial charge in [0.2, 0.25) is 0 Å². The minimum absolute atomic E-state index is 0.314. The number of phenols is 2. The van der Waals surface area contributed by atoms with Crippen LogP contribution in [0.5, 0.6) is 11.5 Å². The van der Waals surface area contributed by atoms with Crippen molar-refractivity contribution in [2.45, 2.75) is 51.3 Å². The monoisotopic (exact) mass is 302 g/mol. The topological polar surface area (TPSA) is 40.5 Å². The van der Waals surface area contributed by atoms with E-state index in [9.17, 15) is 10.2 Å². The van der Waals surface area contributed by atoms with Gasteiger partial charge in [-0.05, 0) is 74.9 Å². The van der Waals surface area contributed by atoms with Crippen LogP contribution in [0, 0.1) is 41.5 Å². The molecule has 0 aliphatic rings. The molecule has 0 aliphatic carbocycles. The Kier molecular flexibility index (Phi) is 4.24. The molecule has 0 fully saturated rings. The average molecular weight is 302 g/mol. The van der Waals surface area contributed by atoms with Gasteiger partial charge < -0.3 is 10.2 Å². The minimum atomic E-state index is 0.314. The summed E-state index contributed by atoms with van der Waals surface area (Å²) in [4.78, 5) is 1.64. The van der Waals surface area contributed by atoms with Crippen LogP contribution in [0.15, 0.2) is 21.9 Å². The van der Waals surface area contributed by atoms with Crippen LogP contribution in [0.3, 0.4) is 0 Å². The second-order valence-electron chi connectivity index (χ2n) is 5.73. The van der Waals surface area contributed by atoms with Crippen molar-refractivity contribution in [1.29, 1.82) is 0 Å². The third-order valence-corrected chi connectivity index (χ3v) is 5.55. The summed E-state index contributed by atoms with van der Waals surface area (Å²) in [6.45, 7) is 11.8. The van der Waals surface area contributed by atoms with E-state index in [1.165, 1.54) is 11.8 Å². The number of hydrogen-bond donors (Lipinski definition) is 2. The van der Waals surface area contributed by atoms with Crippen molar-refractivity contribution in [1.82, 2.24) is 0 Å². The Bertz CT molecular complexity index is 657. The summed E-state index contributed by atoms with van der Waals surface area (Å²) >= 11 is 1.44. The lowest BCUT2D eigenvalue weighted by Gasteiger charge is -2.16. The van der Waals surface area contributed by atoms with Crippen LogP contribution in [0.25, 0.3) is 0 Å². The molecule has 0 saturated carbocycles. The molecule has 2 rings (SSSR count). The van der Waals surface area contributed by atoms with E-state index in [1.807, 2.05) is 41.5 Å². The molecule has 0 aromatic heterocycles. The van der Waals surface area contributed by atoms with Gasteiger partial charge in [0, 0.05) is 0 Å². The first-order valence-corrected chi connectivity index (χ1v) is 7.83. The zero-order chi connectivity index (χ0) is 15.9. The Labute approximate surface area is 130 Å². The van der Waals surface area contributed by atoms with Gasteiger partial charge in [-0.1, -0.05) is 23.9 Å². The Morgan fingerprint density at radius 1 is 0.619 bits per heavy atom. The van der Waals surface area contributed by atoms with Crippen LogP contribution >= 0.6 is 11.8 Å². The summed E-state index contributed by atoms with van der Waals surface area (Å²) in [5.74, 6) is 0.629. The van der Waals surface area contributed by atoms with Gasteiger partial charge in [0.1, 0.15) is 11.5 Å². The molecule has 2 nitrogen and oxygen atoms in total. The number of phenolic OH excluding ortho intramolecular Hbond substituents is 2. The lowest BCUT2D eigenvalue weighted by atomic mass is 10.1. The van der Waals surface area contributed by atoms with E-state index in [1.54, 1.807) is 0 Å². The second-order valence-corrected chi connectivity index (χ2v) is 6.75. The van der Waals surface area contributed by atoms with Crippen LogP contribution < -0.4 is 0 Å². The van der Waals surface area contributed by atoms with E-state index >= 15 is 0 Å². The molecule has 112 valence electrons. The molecule has 21 heavy (non-hydrogen) atoms. The average Bonchev–Trinajstić information content (AvgIpc) is 2.42. The van der Waals surface area contributed by atoms with E-state index in [2.05, 4.69) is 12.1 Å². The Balaban J connectivity index is 2.59. The molecule has 3 heteroatoms. The lowest BCUT2D eigenvalue weighted by Crippen LogP contribution is -1.92. The minimum Gasteiger partial charge on any atom is -0.506 e. The maximum absolute atomic E-state index is 10.4. The third kappa shape index (κ3) is 2.75. The molecular weight excluding hydrogens is 280 g/mol. The first kappa shape index (κ1) is 15.8. The first-order valence-electron chi connectivity index (χ1n) is 7.01. The molecule has 0 spiro atoms. The number of benzene rings is 2. The van der Waals surface area contributed by atoms with Gasteiger partial charge in [0.05, 0.1) is 9.79 Å². The molecular formula is C18H22O2S. The van der Waals surface area contributed by atoms with Crippen LogP contribution in [0.1, 0.15) is 33.4 Å². The predicted molar refractivity (Wildman–Crippen MR) is 88.8 cm³/mol. The van der Waals surface area contributed by atoms with E-state index in [-0.39, 0.29) is 0 Å². The van der Waals surface area contributed by atoms with Crippen LogP contribution in [-0.2, 0) is 0 Å². The van der Waals surface area contributed by atoms with E-state index in [4.69, 9.17) is 0 Å². The zero-order valence-electron chi connectivity index (χ0n) is 13.5. The summed E-state index contributed by atoms with van der Waals surface area (Å²) in [7, 11) is 0. The molecule has 0 amide bonds. The molecule has 0 atom stereocenters. The maximum atomic E-state index is 10.4. The van der Waals surface area contributed by atoms with Crippen molar-refractivity contribution in [2.75, 3.05) is 0 Å². The van der Waals surface area contributed by atoms with Gasteiger partial charge in [0.15, 0.2) is 0 Å². The summed E-state index contributed by atoms with van der Waals surface area (Å²) in [6.07, 6.45) is 0. The molecule has 0 radical (unpaired) electrons. The highest BCUT2D eigenvalue weighted by Crippen LogP contribution is 2.45. The van der Waals surface area contributed by atoms with Crippen molar-refractivity contribution in [3.8, 4) is 11.5 Å². The van der Waals surface area contributed by atoms with Gasteiger partial charge in [-0.2, -0.15) is 0 Å². The van der Waals surface area contributed by atoms with Crippen molar-refractivity contribution in [3.63, 3.8) is 0 Å². The molecule has 0 unspecified atom stereocenters. The fourth-order valence-electron chi connectivity index (χ4n) is 2.44. The van der Waals surface area contributed by atoms with Crippen molar-refractivity contribution in [3.05, 3.63) is 45.5 Å². The van der Waals surface area contributed by atoms with Crippen LogP contribution in [0.2, 0.25) is 0 Å². The molecule has 2 aromatic carbocycles. The largest absolute Gasteiger partial charge is 0.506 e. The van der Waals surface area contributed by atoms with Crippen LogP contribution in [0.4, 0.5) is 0 Å². The normalized spacial score (nSPS) is 11.0. The molecule has 0 saturated heterocycles. The number of aromatic hydroxyl groups is 2. The highest BCUT2D eigenvalue weighted by Gasteiger charge is 2.17.